The van der Waals surface area contributed by atoms with Crippen molar-refractivity contribution in [3.8, 4) is 0 Å². The first-order valence-electron chi connectivity index (χ1n) is 7.35. The lowest BCUT2D eigenvalue weighted by molar-refractivity contribution is 0.547. The summed E-state index contributed by atoms with van der Waals surface area (Å²) in [5.41, 5.74) is 8.54. The maximum absolute atomic E-state index is 3.65. The summed E-state index contributed by atoms with van der Waals surface area (Å²) in [6.45, 7) is 12.0. The van der Waals surface area contributed by atoms with E-state index in [2.05, 4.69) is 62.8 Å². The second-order valence-corrected chi connectivity index (χ2v) is 6.45. The lowest BCUT2D eigenvalue weighted by atomic mass is 9.91. The zero-order valence-electron chi connectivity index (χ0n) is 13.2. The van der Waals surface area contributed by atoms with E-state index >= 15 is 0 Å². The minimum absolute atomic E-state index is 0.423. The summed E-state index contributed by atoms with van der Waals surface area (Å²) in [5, 5.41) is 8.19. The highest BCUT2D eigenvalue weighted by Gasteiger charge is 2.16. The van der Waals surface area contributed by atoms with Gasteiger partial charge >= 0.3 is 0 Å². The summed E-state index contributed by atoms with van der Waals surface area (Å²) >= 11 is 1.80. The van der Waals surface area contributed by atoms with Crippen LogP contribution in [0.1, 0.15) is 46.3 Å². The third-order valence-electron chi connectivity index (χ3n) is 3.97. The molecule has 0 aliphatic heterocycles. The lowest BCUT2D eigenvalue weighted by Crippen LogP contribution is -2.23. The fraction of sp³-hybridized carbons (Fsp3) is 0.444. The quantitative estimate of drug-likeness (QED) is 0.827. The normalized spacial score (nSPS) is 12.7. The Labute approximate surface area is 127 Å². The molecule has 0 saturated heterocycles. The van der Waals surface area contributed by atoms with Gasteiger partial charge in [-0.3, -0.25) is 0 Å². The number of nitrogens with one attached hydrogen (secondary N) is 1. The molecule has 0 radical (unpaired) electrons. The zero-order chi connectivity index (χ0) is 14.7. The number of benzene rings is 1. The molecule has 0 spiro atoms. The molecule has 1 aromatic heterocycles. The van der Waals surface area contributed by atoms with Gasteiger partial charge in [0.1, 0.15) is 0 Å². The second kappa shape index (κ2) is 6.55. The molecule has 2 rings (SSSR count). The van der Waals surface area contributed by atoms with Gasteiger partial charge in [0.2, 0.25) is 0 Å². The Morgan fingerprint density at radius 1 is 1.00 bits per heavy atom. The molecule has 1 aromatic carbocycles. The molecule has 0 bridgehead atoms. The third kappa shape index (κ3) is 3.31. The van der Waals surface area contributed by atoms with Crippen LogP contribution >= 0.6 is 11.3 Å². The highest BCUT2D eigenvalue weighted by molar-refractivity contribution is 7.08. The van der Waals surface area contributed by atoms with Crippen LogP contribution in [0.25, 0.3) is 0 Å². The van der Waals surface area contributed by atoms with Gasteiger partial charge in [-0.05, 0) is 79.2 Å². The van der Waals surface area contributed by atoms with E-state index in [0.717, 1.165) is 13.0 Å². The first-order valence-corrected chi connectivity index (χ1v) is 8.30. The van der Waals surface area contributed by atoms with E-state index in [1.165, 1.54) is 33.4 Å². The summed E-state index contributed by atoms with van der Waals surface area (Å²) in [5.74, 6) is 0. The predicted octanol–water partition coefficient (Wildman–Crippen LogP) is 4.88. The molecule has 2 heteroatoms. The van der Waals surface area contributed by atoms with Gasteiger partial charge in [-0.15, -0.1) is 0 Å². The Morgan fingerprint density at radius 3 is 2.15 bits per heavy atom. The Hall–Kier alpha value is -1.12. The fourth-order valence-electron chi connectivity index (χ4n) is 3.00. The highest BCUT2D eigenvalue weighted by atomic mass is 32.1. The van der Waals surface area contributed by atoms with Gasteiger partial charge in [0, 0.05) is 6.04 Å². The molecule has 2 aromatic rings. The standard InChI is InChI=1S/C18H25NS/c1-6-19-18(17-11-20-10-15(17)5)9-16-13(3)7-12(2)8-14(16)4/h7-8,10-11,18-19H,6,9H2,1-5H3. The van der Waals surface area contributed by atoms with Crippen molar-refractivity contribution in [3.63, 3.8) is 0 Å². The van der Waals surface area contributed by atoms with Crippen molar-refractivity contribution in [2.45, 2.75) is 47.1 Å². The zero-order valence-corrected chi connectivity index (χ0v) is 14.0. The average Bonchev–Trinajstić information content (AvgIpc) is 2.78. The van der Waals surface area contributed by atoms with Gasteiger partial charge in [-0.25, -0.2) is 0 Å². The van der Waals surface area contributed by atoms with Gasteiger partial charge < -0.3 is 5.32 Å². The van der Waals surface area contributed by atoms with E-state index in [0.29, 0.717) is 6.04 Å². The largest absolute Gasteiger partial charge is 0.310 e. The number of likely N-dealkylation sites (N-methyl/N-ethyl adjacent to an activating group) is 1. The molecule has 0 aliphatic rings. The van der Waals surface area contributed by atoms with Crippen LogP contribution in [-0.4, -0.2) is 6.54 Å². The molecule has 0 aliphatic carbocycles. The molecule has 1 atom stereocenters. The molecule has 0 fully saturated rings. The first-order chi connectivity index (χ1) is 9.52. The number of hydrogen-bond donors (Lipinski definition) is 1. The van der Waals surface area contributed by atoms with Crippen LogP contribution in [0.15, 0.2) is 22.9 Å². The summed E-state index contributed by atoms with van der Waals surface area (Å²) in [6.07, 6.45) is 1.07. The van der Waals surface area contributed by atoms with E-state index in [1.54, 1.807) is 11.3 Å². The minimum Gasteiger partial charge on any atom is -0.310 e. The molecule has 1 N–H and O–H groups in total. The van der Waals surface area contributed by atoms with E-state index < -0.39 is 0 Å². The fourth-order valence-corrected chi connectivity index (χ4v) is 3.91. The van der Waals surface area contributed by atoms with Crippen molar-refractivity contribution in [2.75, 3.05) is 6.54 Å². The maximum Gasteiger partial charge on any atom is 0.0371 e. The molecule has 20 heavy (non-hydrogen) atoms. The van der Waals surface area contributed by atoms with Crippen molar-refractivity contribution < 1.29 is 0 Å². The molecule has 1 nitrogen and oxygen atoms in total. The molecule has 1 unspecified atom stereocenters. The van der Waals surface area contributed by atoms with E-state index in [-0.39, 0.29) is 0 Å². The predicted molar refractivity (Wildman–Crippen MR) is 89.8 cm³/mol. The van der Waals surface area contributed by atoms with Gasteiger partial charge in [0.15, 0.2) is 0 Å². The molecule has 0 amide bonds. The summed E-state index contributed by atoms with van der Waals surface area (Å²) in [7, 11) is 0. The van der Waals surface area contributed by atoms with E-state index in [4.69, 9.17) is 0 Å². The minimum atomic E-state index is 0.423. The summed E-state index contributed by atoms with van der Waals surface area (Å²) in [6, 6.07) is 5.02. The Bertz CT molecular complexity index is 560. The van der Waals surface area contributed by atoms with Crippen LogP contribution in [0.4, 0.5) is 0 Å². The Balaban J connectivity index is 2.32. The molecule has 0 saturated carbocycles. The Kier molecular flexibility index (Phi) is 5.00. The second-order valence-electron chi connectivity index (χ2n) is 5.70. The van der Waals surface area contributed by atoms with Gasteiger partial charge in [-0.1, -0.05) is 24.6 Å². The lowest BCUT2D eigenvalue weighted by Gasteiger charge is -2.21. The summed E-state index contributed by atoms with van der Waals surface area (Å²) in [4.78, 5) is 0. The van der Waals surface area contributed by atoms with Crippen LogP contribution in [0.2, 0.25) is 0 Å². The monoisotopic (exact) mass is 287 g/mol. The van der Waals surface area contributed by atoms with Gasteiger partial charge in [-0.2, -0.15) is 11.3 Å². The number of aryl methyl sites for hydroxylation is 4. The van der Waals surface area contributed by atoms with E-state index in [9.17, 15) is 0 Å². The first kappa shape index (κ1) is 15.3. The van der Waals surface area contributed by atoms with Crippen LogP contribution in [0.3, 0.4) is 0 Å². The smallest absolute Gasteiger partial charge is 0.0371 e. The number of hydrogen-bond acceptors (Lipinski definition) is 2. The van der Waals surface area contributed by atoms with Crippen LogP contribution in [0, 0.1) is 27.7 Å². The van der Waals surface area contributed by atoms with Crippen molar-refractivity contribution in [1.29, 1.82) is 0 Å². The van der Waals surface area contributed by atoms with Crippen molar-refractivity contribution in [1.82, 2.24) is 5.32 Å². The maximum atomic E-state index is 3.65. The topological polar surface area (TPSA) is 12.0 Å². The Morgan fingerprint density at radius 2 is 1.65 bits per heavy atom. The average molecular weight is 287 g/mol. The van der Waals surface area contributed by atoms with Crippen molar-refractivity contribution in [2.24, 2.45) is 0 Å². The highest BCUT2D eigenvalue weighted by Crippen LogP contribution is 2.28. The van der Waals surface area contributed by atoms with Crippen LogP contribution in [0.5, 0.6) is 0 Å². The van der Waals surface area contributed by atoms with Crippen LogP contribution in [-0.2, 0) is 6.42 Å². The summed E-state index contributed by atoms with van der Waals surface area (Å²) < 4.78 is 0. The van der Waals surface area contributed by atoms with Crippen molar-refractivity contribution in [3.05, 3.63) is 56.3 Å². The molecule has 108 valence electrons. The van der Waals surface area contributed by atoms with Gasteiger partial charge in [0.25, 0.3) is 0 Å². The number of thiophene rings is 1. The third-order valence-corrected chi connectivity index (χ3v) is 4.85. The van der Waals surface area contributed by atoms with Gasteiger partial charge in [0.05, 0.1) is 0 Å². The molecular formula is C18H25NS. The molecular weight excluding hydrogens is 262 g/mol. The SMILES string of the molecule is CCNC(Cc1c(C)cc(C)cc1C)c1cscc1C. The van der Waals surface area contributed by atoms with Crippen LogP contribution < -0.4 is 5.32 Å². The molecule has 1 heterocycles. The van der Waals surface area contributed by atoms with E-state index in [1.807, 2.05) is 0 Å². The van der Waals surface area contributed by atoms with Crippen molar-refractivity contribution >= 4 is 11.3 Å². The number of rotatable bonds is 5.